The first-order valence-electron chi connectivity index (χ1n) is 7.66. The molecule has 0 aliphatic carbocycles. The maximum Gasteiger partial charge on any atom is 0.273 e. The third-order valence-corrected chi connectivity index (χ3v) is 4.47. The molecule has 1 saturated heterocycles. The van der Waals surface area contributed by atoms with Gasteiger partial charge in [-0.25, -0.2) is 0 Å². The predicted octanol–water partition coefficient (Wildman–Crippen LogP) is 2.56. The van der Waals surface area contributed by atoms with E-state index in [0.717, 1.165) is 5.69 Å². The van der Waals surface area contributed by atoms with Gasteiger partial charge in [0.25, 0.3) is 5.91 Å². The van der Waals surface area contributed by atoms with Crippen molar-refractivity contribution < 1.29 is 9.63 Å². The Morgan fingerprint density at radius 1 is 1.29 bits per heavy atom. The molecule has 3 heterocycles. The van der Waals surface area contributed by atoms with Crippen molar-refractivity contribution in [1.82, 2.24) is 4.98 Å². The number of pyridine rings is 1. The molecule has 0 saturated carbocycles. The number of oxime groups is 1. The van der Waals surface area contributed by atoms with Crippen molar-refractivity contribution in [2.24, 2.45) is 11.1 Å². The number of halogens is 1. The van der Waals surface area contributed by atoms with Crippen LogP contribution >= 0.6 is 11.6 Å². The summed E-state index contributed by atoms with van der Waals surface area (Å²) in [5, 5.41) is 7.39. The molecule has 1 fully saturated rings. The molecule has 1 N–H and O–H groups in total. The normalized spacial score (nSPS) is 21.9. The number of rotatable bonds is 3. The summed E-state index contributed by atoms with van der Waals surface area (Å²) in [6.07, 6.45) is 3.44. The van der Waals surface area contributed by atoms with E-state index in [1.54, 1.807) is 30.5 Å². The Bertz CT molecular complexity index is 796. The van der Waals surface area contributed by atoms with E-state index in [-0.39, 0.29) is 17.9 Å². The zero-order chi connectivity index (χ0) is 16.5. The van der Waals surface area contributed by atoms with Gasteiger partial charge in [0, 0.05) is 23.5 Å². The van der Waals surface area contributed by atoms with Gasteiger partial charge in [-0.2, -0.15) is 0 Å². The second-order valence-corrected chi connectivity index (χ2v) is 6.24. The van der Waals surface area contributed by atoms with Crippen LogP contribution in [0.15, 0.2) is 53.9 Å². The predicted molar refractivity (Wildman–Crippen MR) is 92.3 cm³/mol. The molecule has 2 aromatic rings. The van der Waals surface area contributed by atoms with Gasteiger partial charge >= 0.3 is 0 Å². The molecule has 1 aromatic heterocycles. The molecule has 2 atom stereocenters. The Balaban J connectivity index is 1.47. The van der Waals surface area contributed by atoms with Gasteiger partial charge in [0.05, 0.1) is 24.3 Å². The van der Waals surface area contributed by atoms with E-state index < -0.39 is 0 Å². The maximum atomic E-state index is 12.5. The van der Waals surface area contributed by atoms with Crippen LogP contribution in [0.25, 0.3) is 0 Å². The van der Waals surface area contributed by atoms with Crippen LogP contribution in [0.5, 0.6) is 0 Å². The zero-order valence-electron chi connectivity index (χ0n) is 12.7. The van der Waals surface area contributed by atoms with Crippen LogP contribution in [0.3, 0.4) is 0 Å². The van der Waals surface area contributed by atoms with E-state index in [0.29, 0.717) is 29.5 Å². The smallest absolute Gasteiger partial charge is 0.273 e. The lowest BCUT2D eigenvalue weighted by atomic mass is 10.0. The molecular formula is C17H15ClN4O2. The van der Waals surface area contributed by atoms with Gasteiger partial charge in [-0.05, 0) is 30.3 Å². The van der Waals surface area contributed by atoms with E-state index in [1.807, 2.05) is 18.3 Å². The lowest BCUT2D eigenvalue weighted by Gasteiger charge is -2.18. The average Bonchev–Trinajstić information content (AvgIpc) is 3.16. The third-order valence-electron chi connectivity index (χ3n) is 4.23. The summed E-state index contributed by atoms with van der Waals surface area (Å²) in [6.45, 7) is 1.37. The fourth-order valence-corrected chi connectivity index (χ4v) is 3.25. The van der Waals surface area contributed by atoms with Gasteiger partial charge in [-0.1, -0.05) is 22.8 Å². The topological polar surface area (TPSA) is 66.8 Å². The number of carbonyl (C=O) groups excluding carboxylic acids is 1. The van der Waals surface area contributed by atoms with Crippen molar-refractivity contribution in [2.75, 3.05) is 23.3 Å². The van der Waals surface area contributed by atoms with Crippen molar-refractivity contribution in [3.05, 3.63) is 53.8 Å². The quantitative estimate of drug-likeness (QED) is 0.931. The first kappa shape index (κ1) is 15.0. The minimum atomic E-state index is -0.252. The van der Waals surface area contributed by atoms with Crippen LogP contribution < -0.4 is 10.2 Å². The second kappa shape index (κ2) is 6.13. The van der Waals surface area contributed by atoms with Crippen molar-refractivity contribution in [1.29, 1.82) is 0 Å². The van der Waals surface area contributed by atoms with Crippen LogP contribution in [0.1, 0.15) is 0 Å². The number of carbonyl (C=O) groups is 1. The Morgan fingerprint density at radius 3 is 3.00 bits per heavy atom. The summed E-state index contributed by atoms with van der Waals surface area (Å²) in [5.41, 5.74) is 2.08. The highest BCUT2D eigenvalue weighted by Crippen LogP contribution is 2.30. The molecule has 2 aliphatic rings. The molecule has 0 unspecified atom stereocenters. The van der Waals surface area contributed by atoms with Crippen molar-refractivity contribution in [2.45, 2.75) is 6.10 Å². The summed E-state index contributed by atoms with van der Waals surface area (Å²) >= 11 is 5.95. The number of hydrogen-bond donors (Lipinski definition) is 1. The second-order valence-electron chi connectivity index (χ2n) is 5.81. The molecule has 1 amide bonds. The first-order chi connectivity index (χ1) is 11.7. The first-order valence-corrected chi connectivity index (χ1v) is 8.04. The van der Waals surface area contributed by atoms with Gasteiger partial charge in [-0.3, -0.25) is 9.78 Å². The number of amides is 1. The third kappa shape index (κ3) is 2.80. The number of anilines is 2. The Labute approximate surface area is 144 Å². The van der Waals surface area contributed by atoms with Crippen molar-refractivity contribution >= 4 is 34.6 Å². The zero-order valence-corrected chi connectivity index (χ0v) is 13.5. The monoisotopic (exact) mass is 342 g/mol. The SMILES string of the molecule is O=C(Nc1cccc(Cl)c1)C1=NO[C@@H]2CN(c3cccnc3)C[C@H]12. The van der Waals surface area contributed by atoms with E-state index in [2.05, 4.69) is 20.4 Å². The minimum absolute atomic E-state index is 0.0515. The average molecular weight is 343 g/mol. The highest BCUT2D eigenvalue weighted by molar-refractivity contribution is 6.44. The molecule has 7 heteroatoms. The number of benzene rings is 1. The van der Waals surface area contributed by atoms with Crippen molar-refractivity contribution in [3.63, 3.8) is 0 Å². The number of nitrogens with one attached hydrogen (secondary N) is 1. The van der Waals surface area contributed by atoms with E-state index in [1.165, 1.54) is 0 Å². The van der Waals surface area contributed by atoms with Crippen LogP contribution in [-0.2, 0) is 9.63 Å². The van der Waals surface area contributed by atoms with Gasteiger partial charge in [0.1, 0.15) is 0 Å². The minimum Gasteiger partial charge on any atom is -0.389 e. The summed E-state index contributed by atoms with van der Waals surface area (Å²) in [5.74, 6) is -0.304. The molecule has 24 heavy (non-hydrogen) atoms. The molecule has 0 radical (unpaired) electrons. The molecule has 6 nitrogen and oxygen atoms in total. The molecule has 0 bridgehead atoms. The highest BCUT2D eigenvalue weighted by atomic mass is 35.5. The number of nitrogens with zero attached hydrogens (tertiary/aromatic N) is 3. The fourth-order valence-electron chi connectivity index (χ4n) is 3.06. The van der Waals surface area contributed by atoms with E-state index in [4.69, 9.17) is 16.4 Å². The van der Waals surface area contributed by atoms with E-state index in [9.17, 15) is 4.79 Å². The van der Waals surface area contributed by atoms with Gasteiger partial charge in [0.2, 0.25) is 0 Å². The maximum absolute atomic E-state index is 12.5. The van der Waals surface area contributed by atoms with Gasteiger partial charge in [-0.15, -0.1) is 0 Å². The summed E-state index contributed by atoms with van der Waals surface area (Å²) in [4.78, 5) is 24.3. The molecule has 0 spiro atoms. The largest absolute Gasteiger partial charge is 0.389 e. The Kier molecular flexibility index (Phi) is 3.82. The summed E-state index contributed by atoms with van der Waals surface area (Å²) in [6, 6.07) is 10.9. The number of hydrogen-bond acceptors (Lipinski definition) is 5. The van der Waals surface area contributed by atoms with Crippen LogP contribution in [0.4, 0.5) is 11.4 Å². The fraction of sp³-hybridized carbons (Fsp3) is 0.235. The standard InChI is InChI=1S/C17H15ClN4O2/c18-11-3-1-4-12(7-11)20-17(23)16-14-9-22(10-15(14)24-21-16)13-5-2-6-19-8-13/h1-8,14-15H,9-10H2,(H,20,23)/t14-,15+/m0/s1. The van der Waals surface area contributed by atoms with Crippen LogP contribution in [-0.4, -0.2) is 35.8 Å². The van der Waals surface area contributed by atoms with Gasteiger partial charge in [0.15, 0.2) is 11.8 Å². The highest BCUT2D eigenvalue weighted by Gasteiger charge is 2.45. The van der Waals surface area contributed by atoms with Crippen LogP contribution in [0.2, 0.25) is 5.02 Å². The van der Waals surface area contributed by atoms with Crippen molar-refractivity contribution in [3.8, 4) is 0 Å². The molecule has 1 aromatic carbocycles. The summed E-state index contributed by atoms with van der Waals surface area (Å²) in [7, 11) is 0. The van der Waals surface area contributed by atoms with Gasteiger partial charge < -0.3 is 15.1 Å². The number of fused-ring (bicyclic) bond motifs is 1. The number of aromatic nitrogens is 1. The lowest BCUT2D eigenvalue weighted by Crippen LogP contribution is -2.32. The molecule has 122 valence electrons. The van der Waals surface area contributed by atoms with Crippen LogP contribution in [0, 0.1) is 5.92 Å². The molecular weight excluding hydrogens is 328 g/mol. The lowest BCUT2D eigenvalue weighted by molar-refractivity contribution is -0.110. The summed E-state index contributed by atoms with van der Waals surface area (Å²) < 4.78 is 0. The Morgan fingerprint density at radius 2 is 2.21 bits per heavy atom. The van der Waals surface area contributed by atoms with E-state index >= 15 is 0 Å². The Hall–Kier alpha value is -2.60. The molecule has 4 rings (SSSR count). The molecule has 2 aliphatic heterocycles.